The first kappa shape index (κ1) is 20.4. The minimum atomic E-state index is -4.79. The van der Waals surface area contributed by atoms with Gasteiger partial charge in [0.2, 0.25) is 5.91 Å². The van der Waals surface area contributed by atoms with Crippen molar-refractivity contribution in [2.45, 2.75) is 63.3 Å². The molecule has 1 saturated carbocycles. The molecule has 0 bridgehead atoms. The lowest BCUT2D eigenvalue weighted by Gasteiger charge is -2.41. The molecule has 2 saturated heterocycles. The molecule has 160 valence electrons. The van der Waals surface area contributed by atoms with Gasteiger partial charge in [-0.15, -0.1) is 0 Å². The summed E-state index contributed by atoms with van der Waals surface area (Å²) in [6.07, 6.45) is 0.599. The van der Waals surface area contributed by atoms with Gasteiger partial charge in [-0.2, -0.15) is 13.2 Å². The fraction of sp³-hybridized carbons (Fsp3) is 0.700. The SMILES string of the molecule is O=C1N(C2CCC(O)CC2)CC[C@@]12CCCN(c1nccc(C(F)(F)F)c1F)C2. The Morgan fingerprint density at radius 2 is 1.86 bits per heavy atom. The summed E-state index contributed by atoms with van der Waals surface area (Å²) >= 11 is 0. The lowest BCUT2D eigenvalue weighted by molar-refractivity contribution is -0.140. The van der Waals surface area contributed by atoms with Crippen LogP contribution in [0.1, 0.15) is 50.5 Å². The number of piperidine rings is 1. The Morgan fingerprint density at radius 1 is 1.14 bits per heavy atom. The predicted octanol–water partition coefficient (Wildman–Crippen LogP) is 3.36. The van der Waals surface area contributed by atoms with Crippen molar-refractivity contribution in [3.63, 3.8) is 0 Å². The van der Waals surface area contributed by atoms with Crippen LogP contribution in [0, 0.1) is 11.2 Å². The van der Waals surface area contributed by atoms with Crippen molar-refractivity contribution < 1.29 is 27.5 Å². The normalized spacial score (nSPS) is 31.0. The van der Waals surface area contributed by atoms with Crippen LogP contribution < -0.4 is 4.90 Å². The maximum Gasteiger partial charge on any atom is 0.419 e. The number of hydrogen-bond donors (Lipinski definition) is 1. The van der Waals surface area contributed by atoms with Gasteiger partial charge < -0.3 is 14.9 Å². The first-order chi connectivity index (χ1) is 13.7. The predicted molar refractivity (Wildman–Crippen MR) is 97.7 cm³/mol. The number of aliphatic hydroxyl groups is 1. The third-order valence-corrected chi connectivity index (χ3v) is 6.71. The summed E-state index contributed by atoms with van der Waals surface area (Å²) in [7, 11) is 0. The Labute approximate surface area is 166 Å². The number of alkyl halides is 3. The van der Waals surface area contributed by atoms with Crippen LogP contribution in [0.15, 0.2) is 12.3 Å². The quantitative estimate of drug-likeness (QED) is 0.753. The second-order valence-corrected chi connectivity index (χ2v) is 8.51. The standard InChI is InChI=1S/C20H25F4N3O2/c21-16-15(20(22,23)24)6-9-25-17(16)26-10-1-7-19(12-26)8-11-27(18(19)29)13-2-4-14(28)5-3-13/h6,9,13-14,28H,1-5,7-8,10-12H2/t13?,14?,19-/m1/s1. The van der Waals surface area contributed by atoms with Crippen LogP contribution in [0.2, 0.25) is 0 Å². The Bertz CT molecular complexity index is 779. The lowest BCUT2D eigenvalue weighted by Crippen LogP contribution is -2.50. The fourth-order valence-corrected chi connectivity index (χ4v) is 5.13. The topological polar surface area (TPSA) is 56.7 Å². The molecular formula is C20H25F4N3O2. The van der Waals surface area contributed by atoms with Gasteiger partial charge in [0.15, 0.2) is 11.6 Å². The minimum Gasteiger partial charge on any atom is -0.393 e. The van der Waals surface area contributed by atoms with Crippen LogP contribution in [0.3, 0.4) is 0 Å². The van der Waals surface area contributed by atoms with Gasteiger partial charge in [0.25, 0.3) is 0 Å². The van der Waals surface area contributed by atoms with E-state index in [0.29, 0.717) is 51.3 Å². The Hall–Kier alpha value is -1.90. The van der Waals surface area contributed by atoms with Crippen molar-refractivity contribution >= 4 is 11.7 Å². The van der Waals surface area contributed by atoms with E-state index < -0.39 is 23.0 Å². The third kappa shape index (κ3) is 3.69. The summed E-state index contributed by atoms with van der Waals surface area (Å²) in [6, 6.07) is 0.738. The van der Waals surface area contributed by atoms with E-state index in [4.69, 9.17) is 0 Å². The zero-order chi connectivity index (χ0) is 20.8. The van der Waals surface area contributed by atoms with Gasteiger partial charge in [-0.25, -0.2) is 9.37 Å². The molecule has 0 aromatic carbocycles. The van der Waals surface area contributed by atoms with E-state index in [2.05, 4.69) is 4.98 Å². The summed E-state index contributed by atoms with van der Waals surface area (Å²) in [4.78, 5) is 20.5. The first-order valence-corrected chi connectivity index (χ1v) is 10.2. The number of amides is 1. The Kier molecular flexibility index (Phi) is 5.21. The molecule has 0 radical (unpaired) electrons. The number of pyridine rings is 1. The van der Waals surface area contributed by atoms with Crippen LogP contribution in [-0.2, 0) is 11.0 Å². The van der Waals surface area contributed by atoms with E-state index >= 15 is 0 Å². The highest BCUT2D eigenvalue weighted by Gasteiger charge is 2.51. The molecule has 0 unspecified atom stereocenters. The van der Waals surface area contributed by atoms with Crippen molar-refractivity contribution in [3.8, 4) is 0 Å². The monoisotopic (exact) mass is 415 g/mol. The van der Waals surface area contributed by atoms with Gasteiger partial charge in [-0.3, -0.25) is 4.79 Å². The number of hydrogen-bond acceptors (Lipinski definition) is 4. The maximum absolute atomic E-state index is 14.6. The van der Waals surface area contributed by atoms with E-state index in [-0.39, 0.29) is 30.4 Å². The largest absolute Gasteiger partial charge is 0.419 e. The van der Waals surface area contributed by atoms with E-state index in [1.807, 2.05) is 4.90 Å². The summed E-state index contributed by atoms with van der Waals surface area (Å²) in [5, 5.41) is 9.71. The van der Waals surface area contributed by atoms with Crippen LogP contribution in [0.5, 0.6) is 0 Å². The van der Waals surface area contributed by atoms with Crippen molar-refractivity contribution in [2.75, 3.05) is 24.5 Å². The minimum absolute atomic E-state index is 0.0102. The molecule has 1 aromatic heterocycles. The van der Waals surface area contributed by atoms with Gasteiger partial charge >= 0.3 is 6.18 Å². The number of anilines is 1. The molecule has 3 aliphatic rings. The van der Waals surface area contributed by atoms with E-state index in [1.54, 1.807) is 0 Å². The molecule has 1 aromatic rings. The fourth-order valence-electron chi connectivity index (χ4n) is 5.13. The smallest absolute Gasteiger partial charge is 0.393 e. The molecule has 5 nitrogen and oxygen atoms in total. The highest BCUT2D eigenvalue weighted by molar-refractivity contribution is 5.86. The molecular weight excluding hydrogens is 390 g/mol. The summed E-state index contributed by atoms with van der Waals surface area (Å²) in [5.74, 6) is -1.69. The highest BCUT2D eigenvalue weighted by Crippen LogP contribution is 2.44. The summed E-state index contributed by atoms with van der Waals surface area (Å²) in [6.45, 7) is 1.16. The molecule has 3 fully saturated rings. The first-order valence-electron chi connectivity index (χ1n) is 10.2. The zero-order valence-corrected chi connectivity index (χ0v) is 16.1. The van der Waals surface area contributed by atoms with Crippen molar-refractivity contribution in [1.82, 2.24) is 9.88 Å². The number of aromatic nitrogens is 1. The molecule has 1 amide bonds. The van der Waals surface area contributed by atoms with Crippen LogP contribution in [0.25, 0.3) is 0 Å². The average Bonchev–Trinajstić information content (AvgIpc) is 2.98. The van der Waals surface area contributed by atoms with Crippen molar-refractivity contribution in [2.24, 2.45) is 5.41 Å². The number of halogens is 4. The third-order valence-electron chi connectivity index (χ3n) is 6.71. The molecule has 1 N–H and O–H groups in total. The number of nitrogens with zero attached hydrogens (tertiary/aromatic N) is 3. The van der Waals surface area contributed by atoms with E-state index in [1.165, 1.54) is 4.90 Å². The van der Waals surface area contributed by atoms with Crippen molar-refractivity contribution in [3.05, 3.63) is 23.6 Å². The summed E-state index contributed by atoms with van der Waals surface area (Å²) in [5.41, 5.74) is -2.03. The molecule has 1 aliphatic carbocycles. The Morgan fingerprint density at radius 3 is 2.55 bits per heavy atom. The maximum atomic E-state index is 14.6. The molecule has 29 heavy (non-hydrogen) atoms. The van der Waals surface area contributed by atoms with Gasteiger partial charge in [0, 0.05) is 31.9 Å². The number of carbonyl (C=O) groups is 1. The molecule has 4 rings (SSSR count). The lowest BCUT2D eigenvalue weighted by atomic mass is 9.78. The number of aliphatic hydroxyl groups excluding tert-OH is 1. The van der Waals surface area contributed by atoms with Gasteiger partial charge in [0.05, 0.1) is 17.1 Å². The Balaban J connectivity index is 1.54. The van der Waals surface area contributed by atoms with Gasteiger partial charge in [0.1, 0.15) is 0 Å². The molecule has 1 atom stereocenters. The van der Waals surface area contributed by atoms with Crippen LogP contribution in [-0.4, -0.2) is 52.7 Å². The number of likely N-dealkylation sites (tertiary alicyclic amines) is 1. The second kappa shape index (κ2) is 7.41. The molecule has 2 aliphatic heterocycles. The zero-order valence-electron chi connectivity index (χ0n) is 16.1. The van der Waals surface area contributed by atoms with Crippen molar-refractivity contribution in [1.29, 1.82) is 0 Å². The molecule has 3 heterocycles. The number of rotatable bonds is 2. The average molecular weight is 415 g/mol. The highest BCUT2D eigenvalue weighted by atomic mass is 19.4. The van der Waals surface area contributed by atoms with Gasteiger partial charge in [-0.1, -0.05) is 0 Å². The van der Waals surface area contributed by atoms with Crippen LogP contribution in [0.4, 0.5) is 23.4 Å². The van der Waals surface area contributed by atoms with E-state index in [9.17, 15) is 27.5 Å². The molecule has 9 heteroatoms. The number of carbonyl (C=O) groups excluding carboxylic acids is 1. The van der Waals surface area contributed by atoms with Crippen LogP contribution >= 0.6 is 0 Å². The van der Waals surface area contributed by atoms with Gasteiger partial charge in [-0.05, 0) is 51.0 Å². The van der Waals surface area contributed by atoms with E-state index in [0.717, 1.165) is 19.0 Å². The molecule has 1 spiro atoms. The summed E-state index contributed by atoms with van der Waals surface area (Å²) < 4.78 is 53.8. The second-order valence-electron chi connectivity index (χ2n) is 8.51.